The van der Waals surface area contributed by atoms with Crippen molar-refractivity contribution in [1.29, 1.82) is 0 Å². The van der Waals surface area contributed by atoms with Gasteiger partial charge in [0.05, 0.1) is 0 Å². The minimum absolute atomic E-state index is 0.222. The van der Waals surface area contributed by atoms with Gasteiger partial charge in [-0.2, -0.15) is 0 Å². The Labute approximate surface area is 126 Å². The van der Waals surface area contributed by atoms with Gasteiger partial charge in [0.1, 0.15) is 11.4 Å². The zero-order valence-corrected chi connectivity index (χ0v) is 12.5. The highest BCUT2D eigenvalue weighted by Crippen LogP contribution is 2.06. The van der Waals surface area contributed by atoms with Crippen LogP contribution in [-0.4, -0.2) is 27.9 Å². The Bertz CT molecular complexity index is 699. The second-order valence-corrected chi connectivity index (χ2v) is 4.51. The Balaban J connectivity index is 3.01. The van der Waals surface area contributed by atoms with Gasteiger partial charge in [0, 0.05) is 12.6 Å². The fourth-order valence-electron chi connectivity index (χ4n) is 1.77. The maximum absolute atomic E-state index is 12.0. The van der Waals surface area contributed by atoms with Crippen molar-refractivity contribution in [3.05, 3.63) is 38.6 Å². The molecule has 0 bridgehead atoms. The summed E-state index contributed by atoms with van der Waals surface area (Å²) in [6.07, 6.45) is 4.02. The van der Waals surface area contributed by atoms with Crippen LogP contribution in [0.3, 0.4) is 0 Å². The van der Waals surface area contributed by atoms with Crippen molar-refractivity contribution in [3.8, 4) is 0 Å². The quantitative estimate of drug-likeness (QED) is 0.422. The topological polar surface area (TPSA) is 124 Å². The molecule has 0 radical (unpaired) electrons. The summed E-state index contributed by atoms with van der Waals surface area (Å²) in [6.45, 7) is 3.30. The molecule has 0 aromatic carbocycles. The molecule has 0 aliphatic carbocycles. The molecule has 0 saturated carbocycles. The summed E-state index contributed by atoms with van der Waals surface area (Å²) < 4.78 is 5.83. The molecular weight excluding hydrogens is 290 g/mol. The Kier molecular flexibility index (Phi) is 6.30. The summed E-state index contributed by atoms with van der Waals surface area (Å²) in [4.78, 5) is 48.7. The molecule has 0 fully saturated rings. The molecule has 1 rings (SSSR count). The SMILES string of the molecule is CC/C=C/C(=O)OCC(=O)c1c(N)n(CCC)c(=O)[nH]c1=O. The monoisotopic (exact) mass is 309 g/mol. The molecule has 0 aliphatic heterocycles. The van der Waals surface area contributed by atoms with Gasteiger partial charge in [-0.15, -0.1) is 0 Å². The number of carbonyl (C=O) groups is 2. The van der Waals surface area contributed by atoms with Crippen LogP contribution < -0.4 is 17.0 Å². The molecular formula is C14H19N3O5. The Morgan fingerprint density at radius 3 is 2.59 bits per heavy atom. The van der Waals surface area contributed by atoms with Crippen LogP contribution in [0.25, 0.3) is 0 Å². The van der Waals surface area contributed by atoms with Crippen LogP contribution in [0.2, 0.25) is 0 Å². The number of allylic oxidation sites excluding steroid dienone is 1. The molecule has 0 saturated heterocycles. The highest BCUT2D eigenvalue weighted by atomic mass is 16.5. The number of carbonyl (C=O) groups excluding carboxylic acids is 2. The van der Waals surface area contributed by atoms with E-state index >= 15 is 0 Å². The second kappa shape index (κ2) is 7.96. The first-order valence-electron chi connectivity index (χ1n) is 6.91. The predicted molar refractivity (Wildman–Crippen MR) is 80.7 cm³/mol. The Hall–Kier alpha value is -2.64. The third-order valence-corrected chi connectivity index (χ3v) is 2.80. The van der Waals surface area contributed by atoms with Gasteiger partial charge in [-0.1, -0.05) is 19.9 Å². The number of ether oxygens (including phenoxy) is 1. The molecule has 0 atom stereocenters. The maximum atomic E-state index is 12.0. The summed E-state index contributed by atoms with van der Waals surface area (Å²) in [6, 6.07) is 0. The highest BCUT2D eigenvalue weighted by molar-refractivity contribution is 6.01. The number of rotatable bonds is 7. The van der Waals surface area contributed by atoms with E-state index in [1.54, 1.807) is 6.08 Å². The third kappa shape index (κ3) is 4.18. The van der Waals surface area contributed by atoms with Crippen molar-refractivity contribution in [2.75, 3.05) is 12.3 Å². The van der Waals surface area contributed by atoms with E-state index in [0.717, 1.165) is 4.57 Å². The molecule has 1 aromatic heterocycles. The van der Waals surface area contributed by atoms with Crippen molar-refractivity contribution in [2.24, 2.45) is 0 Å². The van der Waals surface area contributed by atoms with Gasteiger partial charge in [0.2, 0.25) is 5.78 Å². The third-order valence-electron chi connectivity index (χ3n) is 2.80. The lowest BCUT2D eigenvalue weighted by molar-refractivity contribution is -0.136. The zero-order chi connectivity index (χ0) is 16.7. The zero-order valence-electron chi connectivity index (χ0n) is 12.5. The molecule has 0 aliphatic rings. The Morgan fingerprint density at radius 1 is 1.32 bits per heavy atom. The molecule has 8 heteroatoms. The van der Waals surface area contributed by atoms with Crippen molar-refractivity contribution in [2.45, 2.75) is 33.2 Å². The van der Waals surface area contributed by atoms with E-state index in [-0.39, 0.29) is 17.9 Å². The van der Waals surface area contributed by atoms with E-state index in [1.165, 1.54) is 6.08 Å². The van der Waals surface area contributed by atoms with Gasteiger partial charge in [0.15, 0.2) is 6.61 Å². The van der Waals surface area contributed by atoms with E-state index < -0.39 is 29.6 Å². The van der Waals surface area contributed by atoms with E-state index in [1.807, 2.05) is 18.8 Å². The van der Waals surface area contributed by atoms with Gasteiger partial charge in [-0.05, 0) is 12.8 Å². The summed E-state index contributed by atoms with van der Waals surface area (Å²) in [5.41, 5.74) is 3.79. The van der Waals surface area contributed by atoms with Crippen LogP contribution in [0.5, 0.6) is 0 Å². The van der Waals surface area contributed by atoms with Gasteiger partial charge >= 0.3 is 11.7 Å². The number of esters is 1. The number of nitrogens with two attached hydrogens (primary N) is 1. The molecule has 0 unspecified atom stereocenters. The minimum atomic E-state index is -0.889. The van der Waals surface area contributed by atoms with Crippen LogP contribution in [0.1, 0.15) is 37.0 Å². The van der Waals surface area contributed by atoms with Crippen LogP contribution in [0.4, 0.5) is 5.82 Å². The van der Waals surface area contributed by atoms with E-state index in [0.29, 0.717) is 12.8 Å². The lowest BCUT2D eigenvalue weighted by Gasteiger charge is -2.10. The number of nitrogen functional groups attached to an aromatic ring is 1. The predicted octanol–water partition coefficient (Wildman–Crippen LogP) is 0.221. The highest BCUT2D eigenvalue weighted by Gasteiger charge is 2.20. The van der Waals surface area contributed by atoms with Crippen LogP contribution in [-0.2, 0) is 16.1 Å². The van der Waals surface area contributed by atoms with Crippen molar-refractivity contribution < 1.29 is 14.3 Å². The Morgan fingerprint density at radius 2 is 2.00 bits per heavy atom. The number of hydrogen-bond acceptors (Lipinski definition) is 6. The summed E-state index contributed by atoms with van der Waals surface area (Å²) in [5.74, 6) is -1.67. The van der Waals surface area contributed by atoms with E-state index in [9.17, 15) is 19.2 Å². The smallest absolute Gasteiger partial charge is 0.330 e. The molecule has 1 aromatic rings. The van der Waals surface area contributed by atoms with Crippen LogP contribution in [0, 0.1) is 0 Å². The number of nitrogens with zero attached hydrogens (tertiary/aromatic N) is 1. The molecule has 120 valence electrons. The molecule has 0 amide bonds. The molecule has 8 nitrogen and oxygen atoms in total. The first-order valence-corrected chi connectivity index (χ1v) is 6.91. The lowest BCUT2D eigenvalue weighted by Crippen LogP contribution is -2.37. The molecule has 0 spiro atoms. The number of nitrogens with one attached hydrogen (secondary N) is 1. The molecule has 1 heterocycles. The summed E-state index contributed by atoms with van der Waals surface area (Å²) in [5, 5.41) is 0. The van der Waals surface area contributed by atoms with Crippen molar-refractivity contribution >= 4 is 17.6 Å². The van der Waals surface area contributed by atoms with Gasteiger partial charge in [0.25, 0.3) is 5.56 Å². The number of anilines is 1. The summed E-state index contributed by atoms with van der Waals surface area (Å²) in [7, 11) is 0. The number of Topliss-reactive ketones (excluding diaryl/α,β-unsaturated/α-hetero) is 1. The van der Waals surface area contributed by atoms with Crippen molar-refractivity contribution in [3.63, 3.8) is 0 Å². The van der Waals surface area contributed by atoms with Crippen molar-refractivity contribution in [1.82, 2.24) is 9.55 Å². The van der Waals surface area contributed by atoms with Gasteiger partial charge in [-0.25, -0.2) is 9.59 Å². The van der Waals surface area contributed by atoms with E-state index in [2.05, 4.69) is 0 Å². The van der Waals surface area contributed by atoms with Gasteiger partial charge < -0.3 is 10.5 Å². The number of ketones is 1. The number of aromatic nitrogens is 2. The number of hydrogen-bond donors (Lipinski definition) is 2. The fourth-order valence-corrected chi connectivity index (χ4v) is 1.77. The molecule has 3 N–H and O–H groups in total. The number of H-pyrrole nitrogens is 1. The first-order chi connectivity index (χ1) is 10.4. The molecule has 22 heavy (non-hydrogen) atoms. The maximum Gasteiger partial charge on any atom is 0.330 e. The largest absolute Gasteiger partial charge is 0.454 e. The average molecular weight is 309 g/mol. The summed E-state index contributed by atoms with van der Waals surface area (Å²) >= 11 is 0. The lowest BCUT2D eigenvalue weighted by atomic mass is 10.2. The second-order valence-electron chi connectivity index (χ2n) is 4.51. The van der Waals surface area contributed by atoms with Crippen LogP contribution in [0.15, 0.2) is 21.7 Å². The normalized spacial score (nSPS) is 10.8. The fraction of sp³-hybridized carbons (Fsp3) is 0.429. The van der Waals surface area contributed by atoms with Gasteiger partial charge in [-0.3, -0.25) is 19.1 Å². The van der Waals surface area contributed by atoms with E-state index in [4.69, 9.17) is 10.5 Å². The minimum Gasteiger partial charge on any atom is -0.454 e. The first kappa shape index (κ1) is 17.4. The number of aromatic amines is 1. The van der Waals surface area contributed by atoms with Crippen LogP contribution >= 0.6 is 0 Å². The standard InChI is InChI=1S/C14H19N3O5/c1-3-5-6-10(19)22-8-9(18)11-12(15)17(7-4-2)14(21)16-13(11)20/h5-6H,3-4,7-8,15H2,1-2H3,(H,16,20,21)/b6-5+. The average Bonchev–Trinajstić information content (AvgIpc) is 2.47.